The van der Waals surface area contributed by atoms with Gasteiger partial charge in [-0.15, -0.1) is 0 Å². The number of thiocarbonyl (C=S) groups is 1. The summed E-state index contributed by atoms with van der Waals surface area (Å²) in [6.07, 6.45) is 0.703. The van der Waals surface area contributed by atoms with Gasteiger partial charge in [-0.25, -0.2) is 4.39 Å². The van der Waals surface area contributed by atoms with E-state index in [1.54, 1.807) is 6.07 Å². The molecule has 0 aromatic heterocycles. The van der Waals surface area contributed by atoms with E-state index < -0.39 is 0 Å². The summed E-state index contributed by atoms with van der Waals surface area (Å²) < 4.78 is 13.2. The quantitative estimate of drug-likeness (QED) is 0.825. The molecule has 3 N–H and O–H groups in total. The maximum Gasteiger partial charge on any atom is 0.123 e. The maximum atomic E-state index is 13.2. The molecule has 0 bridgehead atoms. The van der Waals surface area contributed by atoms with E-state index in [-0.39, 0.29) is 16.9 Å². The number of halogens is 1. The van der Waals surface area contributed by atoms with Gasteiger partial charge in [0.05, 0.1) is 6.10 Å². The van der Waals surface area contributed by atoms with Gasteiger partial charge in [0.25, 0.3) is 0 Å². The minimum atomic E-state index is -0.324. The Kier molecular flexibility index (Phi) is 4.50. The van der Waals surface area contributed by atoms with Crippen LogP contribution >= 0.6 is 12.2 Å². The Morgan fingerprint density at radius 3 is 2.95 bits per heavy atom. The summed E-state index contributed by atoms with van der Waals surface area (Å²) in [5.41, 5.74) is 7.19. The number of nitrogens with two attached hydrogens (primary N) is 1. The van der Waals surface area contributed by atoms with Gasteiger partial charge < -0.3 is 10.8 Å². The molecule has 1 aliphatic heterocycles. The Morgan fingerprint density at radius 1 is 1.63 bits per heavy atom. The summed E-state index contributed by atoms with van der Waals surface area (Å²) in [6.45, 7) is 4.30. The summed E-state index contributed by atoms with van der Waals surface area (Å²) in [5.74, 6) is -0.0106. The SMILES string of the molecule is CC(O)C1CCN(Cc2ccc(F)cc2C(N)=S)C1. The van der Waals surface area contributed by atoms with Crippen LogP contribution in [0.3, 0.4) is 0 Å². The zero-order valence-corrected chi connectivity index (χ0v) is 11.8. The first-order chi connectivity index (χ1) is 8.97. The number of likely N-dealkylation sites (tertiary alicyclic amines) is 1. The van der Waals surface area contributed by atoms with Gasteiger partial charge in [0.2, 0.25) is 0 Å². The molecular formula is C14H19FN2OS. The molecule has 5 heteroatoms. The molecule has 2 rings (SSSR count). The van der Waals surface area contributed by atoms with E-state index in [9.17, 15) is 9.50 Å². The predicted octanol–water partition coefficient (Wildman–Crippen LogP) is 1.66. The van der Waals surface area contributed by atoms with E-state index in [2.05, 4.69) is 4.90 Å². The third kappa shape index (κ3) is 3.49. The van der Waals surface area contributed by atoms with Gasteiger partial charge in [-0.3, -0.25) is 4.90 Å². The normalized spacial score (nSPS) is 21.5. The van der Waals surface area contributed by atoms with Crippen LogP contribution in [0, 0.1) is 11.7 Å². The van der Waals surface area contributed by atoms with Crippen molar-refractivity contribution in [2.45, 2.75) is 26.0 Å². The Morgan fingerprint density at radius 2 is 2.37 bits per heavy atom. The molecule has 1 aliphatic rings. The van der Waals surface area contributed by atoms with Crippen LogP contribution in [0.1, 0.15) is 24.5 Å². The molecule has 0 radical (unpaired) electrons. The van der Waals surface area contributed by atoms with Gasteiger partial charge in [0.15, 0.2) is 0 Å². The maximum absolute atomic E-state index is 13.2. The van der Waals surface area contributed by atoms with Crippen molar-refractivity contribution >= 4 is 17.2 Å². The van der Waals surface area contributed by atoms with Crippen molar-refractivity contribution in [1.82, 2.24) is 4.90 Å². The molecule has 0 spiro atoms. The van der Waals surface area contributed by atoms with E-state index in [0.717, 1.165) is 25.1 Å². The molecule has 1 saturated heterocycles. The molecule has 19 heavy (non-hydrogen) atoms. The number of hydrogen-bond donors (Lipinski definition) is 2. The molecule has 2 unspecified atom stereocenters. The number of aliphatic hydroxyl groups is 1. The second kappa shape index (κ2) is 5.94. The smallest absolute Gasteiger partial charge is 0.123 e. The molecule has 1 fully saturated rings. The standard InChI is InChI=1S/C14H19FN2OS/c1-9(18)10-4-5-17(7-10)8-11-2-3-12(15)6-13(11)14(16)19/h2-3,6,9-10,18H,4-5,7-8H2,1H3,(H2,16,19). The minimum Gasteiger partial charge on any atom is -0.393 e. The molecule has 3 nitrogen and oxygen atoms in total. The van der Waals surface area contributed by atoms with Gasteiger partial charge in [-0.1, -0.05) is 18.3 Å². The largest absolute Gasteiger partial charge is 0.393 e. The topological polar surface area (TPSA) is 49.5 Å². The van der Waals surface area contributed by atoms with Crippen LogP contribution in [-0.4, -0.2) is 34.2 Å². The Bertz CT molecular complexity index is 479. The van der Waals surface area contributed by atoms with E-state index in [1.165, 1.54) is 12.1 Å². The van der Waals surface area contributed by atoms with Crippen molar-refractivity contribution < 1.29 is 9.50 Å². The average Bonchev–Trinajstić information content (AvgIpc) is 2.80. The molecule has 1 heterocycles. The van der Waals surface area contributed by atoms with Gasteiger partial charge in [-0.05, 0) is 43.5 Å². The molecule has 1 aromatic rings. The van der Waals surface area contributed by atoms with E-state index in [1.807, 2.05) is 6.92 Å². The fourth-order valence-electron chi connectivity index (χ4n) is 2.56. The van der Waals surface area contributed by atoms with Gasteiger partial charge in [-0.2, -0.15) is 0 Å². The van der Waals surface area contributed by atoms with Crippen molar-refractivity contribution in [3.8, 4) is 0 Å². The van der Waals surface area contributed by atoms with Gasteiger partial charge in [0, 0.05) is 18.7 Å². The van der Waals surface area contributed by atoms with Crippen molar-refractivity contribution in [2.24, 2.45) is 11.7 Å². The summed E-state index contributed by atoms with van der Waals surface area (Å²) in [4.78, 5) is 2.47. The fraction of sp³-hybridized carbons (Fsp3) is 0.500. The highest BCUT2D eigenvalue weighted by Crippen LogP contribution is 2.23. The number of rotatable bonds is 4. The molecular weight excluding hydrogens is 263 g/mol. The van der Waals surface area contributed by atoms with Gasteiger partial charge >= 0.3 is 0 Å². The first-order valence-corrected chi connectivity index (χ1v) is 6.87. The van der Waals surface area contributed by atoms with Crippen LogP contribution in [0.5, 0.6) is 0 Å². The first-order valence-electron chi connectivity index (χ1n) is 6.46. The van der Waals surface area contributed by atoms with Gasteiger partial charge in [0.1, 0.15) is 10.8 Å². The lowest BCUT2D eigenvalue weighted by Gasteiger charge is -2.19. The summed E-state index contributed by atoms with van der Waals surface area (Å²) in [5, 5.41) is 9.60. The first kappa shape index (κ1) is 14.4. The second-order valence-corrected chi connectivity index (χ2v) is 5.63. The molecule has 0 aliphatic carbocycles. The van der Waals surface area contributed by atoms with Crippen LogP contribution in [0.25, 0.3) is 0 Å². The number of hydrogen-bond acceptors (Lipinski definition) is 3. The lowest BCUT2D eigenvalue weighted by molar-refractivity contribution is 0.127. The van der Waals surface area contributed by atoms with Crippen LogP contribution in [0.4, 0.5) is 4.39 Å². The lowest BCUT2D eigenvalue weighted by Crippen LogP contribution is -2.25. The molecule has 0 saturated carbocycles. The zero-order valence-electron chi connectivity index (χ0n) is 11.0. The zero-order chi connectivity index (χ0) is 14.0. The lowest BCUT2D eigenvalue weighted by atomic mass is 10.0. The predicted molar refractivity (Wildman–Crippen MR) is 77.4 cm³/mol. The Labute approximate surface area is 118 Å². The Hall–Kier alpha value is -1.04. The molecule has 104 valence electrons. The summed E-state index contributed by atoms with van der Waals surface area (Å²) >= 11 is 4.97. The molecule has 1 aromatic carbocycles. The number of nitrogens with zero attached hydrogens (tertiary/aromatic N) is 1. The molecule has 0 amide bonds. The highest BCUT2D eigenvalue weighted by atomic mass is 32.1. The summed E-state index contributed by atoms with van der Waals surface area (Å²) in [6, 6.07) is 4.55. The third-order valence-electron chi connectivity index (χ3n) is 3.72. The van der Waals surface area contributed by atoms with E-state index in [4.69, 9.17) is 18.0 Å². The van der Waals surface area contributed by atoms with Crippen molar-refractivity contribution in [1.29, 1.82) is 0 Å². The van der Waals surface area contributed by atoms with Crippen LogP contribution in [0.15, 0.2) is 18.2 Å². The van der Waals surface area contributed by atoms with E-state index >= 15 is 0 Å². The van der Waals surface area contributed by atoms with Crippen LogP contribution in [-0.2, 0) is 6.54 Å². The summed E-state index contributed by atoms with van der Waals surface area (Å²) in [7, 11) is 0. The van der Waals surface area contributed by atoms with E-state index in [0.29, 0.717) is 18.0 Å². The molecule has 2 atom stereocenters. The highest BCUT2D eigenvalue weighted by Gasteiger charge is 2.26. The third-order valence-corrected chi connectivity index (χ3v) is 3.94. The van der Waals surface area contributed by atoms with Crippen molar-refractivity contribution in [3.05, 3.63) is 35.1 Å². The fourth-order valence-corrected chi connectivity index (χ4v) is 2.75. The van der Waals surface area contributed by atoms with Crippen LogP contribution < -0.4 is 5.73 Å². The monoisotopic (exact) mass is 282 g/mol. The number of benzene rings is 1. The van der Waals surface area contributed by atoms with Crippen LogP contribution in [0.2, 0.25) is 0 Å². The minimum absolute atomic E-state index is 0.223. The van der Waals surface area contributed by atoms with Crippen molar-refractivity contribution in [3.63, 3.8) is 0 Å². The second-order valence-electron chi connectivity index (χ2n) is 5.19. The average molecular weight is 282 g/mol. The Balaban J connectivity index is 2.10. The van der Waals surface area contributed by atoms with Crippen molar-refractivity contribution in [2.75, 3.05) is 13.1 Å². The number of aliphatic hydroxyl groups excluding tert-OH is 1. The highest BCUT2D eigenvalue weighted by molar-refractivity contribution is 7.80.